The van der Waals surface area contributed by atoms with Gasteiger partial charge in [0.15, 0.2) is 17.2 Å². The smallest absolute Gasteiger partial charge is 0.278 e. The molecule has 7 nitrogen and oxygen atoms in total. The summed E-state index contributed by atoms with van der Waals surface area (Å²) in [5, 5.41) is 6.89. The largest absolute Gasteiger partial charge is 0.486 e. The molecule has 3 rings (SSSR count). The molecule has 0 aliphatic carbocycles. The molecule has 1 aliphatic heterocycles. The van der Waals surface area contributed by atoms with Gasteiger partial charge in [-0.15, -0.1) is 0 Å². The number of ether oxygens (including phenoxy) is 2. The van der Waals surface area contributed by atoms with Gasteiger partial charge in [-0.2, -0.15) is 5.10 Å². The van der Waals surface area contributed by atoms with E-state index in [-0.39, 0.29) is 11.6 Å². The first kappa shape index (κ1) is 13.3. The van der Waals surface area contributed by atoms with Crippen LogP contribution in [0.5, 0.6) is 11.5 Å². The van der Waals surface area contributed by atoms with E-state index < -0.39 is 0 Å². The van der Waals surface area contributed by atoms with Gasteiger partial charge in [-0.05, 0) is 19.1 Å². The van der Waals surface area contributed by atoms with Gasteiger partial charge >= 0.3 is 0 Å². The normalized spacial score (nSPS) is 13.0. The summed E-state index contributed by atoms with van der Waals surface area (Å²) in [4.78, 5) is 12.2. The second-order valence-electron chi connectivity index (χ2n) is 4.60. The molecule has 0 fully saturated rings. The van der Waals surface area contributed by atoms with E-state index in [1.54, 1.807) is 29.1 Å². The van der Waals surface area contributed by atoms with Gasteiger partial charge in [-0.25, -0.2) is 0 Å². The van der Waals surface area contributed by atoms with E-state index in [1.165, 1.54) is 0 Å². The lowest BCUT2D eigenvalue weighted by molar-refractivity contribution is 0.102. The fourth-order valence-corrected chi connectivity index (χ4v) is 2.09. The lowest BCUT2D eigenvalue weighted by atomic mass is 10.2. The SMILES string of the molecule is CCn1cc(N)c(C(=O)Nc2ccc3c(c2)OCCO3)n1. The van der Waals surface area contributed by atoms with E-state index in [4.69, 9.17) is 15.2 Å². The Balaban J connectivity index is 1.79. The van der Waals surface area contributed by atoms with Crippen molar-refractivity contribution in [3.63, 3.8) is 0 Å². The van der Waals surface area contributed by atoms with E-state index >= 15 is 0 Å². The Kier molecular flexibility index (Phi) is 3.39. The minimum Gasteiger partial charge on any atom is -0.486 e. The van der Waals surface area contributed by atoms with Gasteiger partial charge in [-0.3, -0.25) is 9.48 Å². The van der Waals surface area contributed by atoms with Gasteiger partial charge in [0.1, 0.15) is 13.2 Å². The van der Waals surface area contributed by atoms with Gasteiger partial charge < -0.3 is 20.5 Å². The number of carbonyl (C=O) groups is 1. The summed E-state index contributed by atoms with van der Waals surface area (Å²) < 4.78 is 12.5. The molecule has 0 atom stereocenters. The zero-order chi connectivity index (χ0) is 14.8. The second-order valence-corrected chi connectivity index (χ2v) is 4.60. The van der Waals surface area contributed by atoms with Crippen LogP contribution < -0.4 is 20.5 Å². The summed E-state index contributed by atoms with van der Waals surface area (Å²) >= 11 is 0. The molecule has 0 saturated heterocycles. The lowest BCUT2D eigenvalue weighted by Crippen LogP contribution is -2.17. The molecule has 0 radical (unpaired) electrons. The average molecular weight is 288 g/mol. The number of fused-ring (bicyclic) bond motifs is 1. The van der Waals surface area contributed by atoms with Crippen LogP contribution in [0.2, 0.25) is 0 Å². The number of benzene rings is 1. The molecule has 0 unspecified atom stereocenters. The second kappa shape index (κ2) is 5.35. The first-order chi connectivity index (χ1) is 10.2. The van der Waals surface area contributed by atoms with Gasteiger partial charge in [0.2, 0.25) is 0 Å². The first-order valence-electron chi connectivity index (χ1n) is 6.71. The summed E-state index contributed by atoms with van der Waals surface area (Å²) in [5.41, 5.74) is 6.97. The zero-order valence-electron chi connectivity index (χ0n) is 11.6. The fourth-order valence-electron chi connectivity index (χ4n) is 2.09. The number of nitrogen functional groups attached to an aromatic ring is 1. The maximum Gasteiger partial charge on any atom is 0.278 e. The van der Waals surface area contributed by atoms with Crippen LogP contribution >= 0.6 is 0 Å². The number of aromatic nitrogens is 2. The zero-order valence-corrected chi connectivity index (χ0v) is 11.6. The highest BCUT2D eigenvalue weighted by Gasteiger charge is 2.17. The molecular formula is C14H16N4O3. The topological polar surface area (TPSA) is 91.4 Å². The summed E-state index contributed by atoms with van der Waals surface area (Å²) in [6.45, 7) is 3.61. The molecule has 21 heavy (non-hydrogen) atoms. The molecular weight excluding hydrogens is 272 g/mol. The van der Waals surface area contributed by atoms with Crippen LogP contribution in [0.3, 0.4) is 0 Å². The van der Waals surface area contributed by atoms with E-state index in [2.05, 4.69) is 10.4 Å². The maximum atomic E-state index is 12.2. The number of hydrogen-bond donors (Lipinski definition) is 2. The standard InChI is InChI=1S/C14H16N4O3/c1-2-18-8-10(15)13(17-18)14(19)16-9-3-4-11-12(7-9)21-6-5-20-11/h3-4,7-8H,2,5-6,15H2,1H3,(H,16,19). The summed E-state index contributed by atoms with van der Waals surface area (Å²) in [6, 6.07) is 5.23. The third-order valence-corrected chi connectivity index (χ3v) is 3.13. The van der Waals surface area contributed by atoms with Crippen LogP contribution in [0.4, 0.5) is 11.4 Å². The Hall–Kier alpha value is -2.70. The predicted molar refractivity (Wildman–Crippen MR) is 77.7 cm³/mol. The molecule has 2 heterocycles. The molecule has 7 heteroatoms. The molecule has 110 valence electrons. The highest BCUT2D eigenvalue weighted by molar-refractivity contribution is 6.06. The highest BCUT2D eigenvalue weighted by Crippen LogP contribution is 2.32. The maximum absolute atomic E-state index is 12.2. The van der Waals surface area contributed by atoms with Crippen LogP contribution in [-0.4, -0.2) is 28.9 Å². The number of hydrogen-bond acceptors (Lipinski definition) is 5. The van der Waals surface area contributed by atoms with Crippen molar-refractivity contribution in [2.45, 2.75) is 13.5 Å². The molecule has 0 spiro atoms. The Morgan fingerprint density at radius 1 is 1.38 bits per heavy atom. The van der Waals surface area contributed by atoms with Crippen molar-refractivity contribution in [3.8, 4) is 11.5 Å². The van der Waals surface area contributed by atoms with Crippen LogP contribution in [0.15, 0.2) is 24.4 Å². The predicted octanol–water partition coefficient (Wildman–Crippen LogP) is 1.51. The van der Waals surface area contributed by atoms with Crippen molar-refractivity contribution in [2.24, 2.45) is 0 Å². The Morgan fingerprint density at radius 2 is 2.14 bits per heavy atom. The summed E-state index contributed by atoms with van der Waals surface area (Å²) in [6.07, 6.45) is 1.64. The Labute approximate surface area is 121 Å². The van der Waals surface area contributed by atoms with Gasteiger partial charge in [0, 0.05) is 24.5 Å². The third-order valence-electron chi connectivity index (χ3n) is 3.13. The van der Waals surface area contributed by atoms with Crippen molar-refractivity contribution >= 4 is 17.3 Å². The fraction of sp³-hybridized carbons (Fsp3) is 0.286. The Bertz CT molecular complexity index is 681. The van der Waals surface area contributed by atoms with E-state index in [1.807, 2.05) is 6.92 Å². The Morgan fingerprint density at radius 3 is 2.86 bits per heavy atom. The van der Waals surface area contributed by atoms with Crippen LogP contribution in [0.1, 0.15) is 17.4 Å². The van der Waals surface area contributed by atoms with Gasteiger partial charge in [-0.1, -0.05) is 0 Å². The number of rotatable bonds is 3. The summed E-state index contributed by atoms with van der Waals surface area (Å²) in [5.74, 6) is 0.941. The minimum atomic E-state index is -0.351. The molecule has 1 aliphatic rings. The van der Waals surface area contributed by atoms with E-state index in [9.17, 15) is 4.79 Å². The number of nitrogens with zero attached hydrogens (tertiary/aromatic N) is 2. The number of carbonyl (C=O) groups excluding carboxylic acids is 1. The lowest BCUT2D eigenvalue weighted by Gasteiger charge is -2.18. The van der Waals surface area contributed by atoms with Gasteiger partial charge in [0.05, 0.1) is 5.69 Å². The third kappa shape index (κ3) is 2.62. The van der Waals surface area contributed by atoms with Crippen LogP contribution in [0, 0.1) is 0 Å². The van der Waals surface area contributed by atoms with Crippen molar-refractivity contribution < 1.29 is 14.3 Å². The number of nitrogens with two attached hydrogens (primary N) is 1. The molecule has 1 aromatic carbocycles. The molecule has 0 bridgehead atoms. The quantitative estimate of drug-likeness (QED) is 0.893. The van der Waals surface area contributed by atoms with Crippen molar-refractivity contribution in [1.29, 1.82) is 0 Å². The minimum absolute atomic E-state index is 0.215. The first-order valence-corrected chi connectivity index (χ1v) is 6.71. The number of aryl methyl sites for hydroxylation is 1. The number of nitrogens with one attached hydrogen (secondary N) is 1. The van der Waals surface area contributed by atoms with Crippen LogP contribution in [-0.2, 0) is 6.54 Å². The van der Waals surface area contributed by atoms with E-state index in [0.717, 1.165) is 0 Å². The molecule has 3 N–H and O–H groups in total. The van der Waals surface area contributed by atoms with Crippen LogP contribution in [0.25, 0.3) is 0 Å². The van der Waals surface area contributed by atoms with E-state index in [0.29, 0.717) is 42.6 Å². The number of anilines is 2. The van der Waals surface area contributed by atoms with Crippen molar-refractivity contribution in [3.05, 3.63) is 30.1 Å². The monoisotopic (exact) mass is 288 g/mol. The molecule has 0 saturated carbocycles. The number of amides is 1. The summed E-state index contributed by atoms with van der Waals surface area (Å²) in [7, 11) is 0. The molecule has 1 amide bonds. The van der Waals surface area contributed by atoms with Gasteiger partial charge in [0.25, 0.3) is 5.91 Å². The molecule has 2 aromatic rings. The van der Waals surface area contributed by atoms with Crippen molar-refractivity contribution in [1.82, 2.24) is 9.78 Å². The van der Waals surface area contributed by atoms with Crippen molar-refractivity contribution in [2.75, 3.05) is 24.3 Å². The molecule has 1 aromatic heterocycles. The highest BCUT2D eigenvalue weighted by atomic mass is 16.6. The average Bonchev–Trinajstić information content (AvgIpc) is 2.88.